The van der Waals surface area contributed by atoms with E-state index in [1.165, 1.54) is 18.2 Å². The first-order valence-corrected chi connectivity index (χ1v) is 7.85. The van der Waals surface area contributed by atoms with Crippen LogP contribution in [0.2, 0.25) is 0 Å². The molecule has 0 aliphatic carbocycles. The van der Waals surface area contributed by atoms with Gasteiger partial charge in [-0.3, -0.25) is 0 Å². The van der Waals surface area contributed by atoms with Crippen molar-refractivity contribution in [2.24, 2.45) is 0 Å². The summed E-state index contributed by atoms with van der Waals surface area (Å²) in [6, 6.07) is 9.43. The van der Waals surface area contributed by atoms with E-state index in [1.807, 2.05) is 0 Å². The van der Waals surface area contributed by atoms with Crippen molar-refractivity contribution in [3.8, 4) is 0 Å². The normalized spacial score (nSPS) is 11.6. The van der Waals surface area contributed by atoms with Gasteiger partial charge in [0.05, 0.1) is 4.90 Å². The lowest BCUT2D eigenvalue weighted by molar-refractivity contribution is 0.506. The van der Waals surface area contributed by atoms with E-state index in [9.17, 15) is 17.2 Å². The van der Waals surface area contributed by atoms with Crippen molar-refractivity contribution < 1.29 is 17.2 Å². The predicted molar refractivity (Wildman–Crippen MR) is 74.5 cm³/mol. The van der Waals surface area contributed by atoms with Crippen molar-refractivity contribution in [1.29, 1.82) is 0 Å². The Bertz CT molecular complexity index is 735. The Kier molecular flexibility index (Phi) is 4.52. The van der Waals surface area contributed by atoms with Gasteiger partial charge in [-0.25, -0.2) is 21.9 Å². The van der Waals surface area contributed by atoms with Gasteiger partial charge >= 0.3 is 0 Å². The SMILES string of the molecule is O=S(=O)(NCc1ccc(F)c(F)c1)c1cccc(Br)c1. The fourth-order valence-electron chi connectivity index (χ4n) is 1.55. The van der Waals surface area contributed by atoms with Gasteiger partial charge in [0.15, 0.2) is 11.6 Å². The van der Waals surface area contributed by atoms with Crippen LogP contribution in [0.25, 0.3) is 0 Å². The zero-order valence-electron chi connectivity index (χ0n) is 10.1. The monoisotopic (exact) mass is 361 g/mol. The molecule has 0 fully saturated rings. The van der Waals surface area contributed by atoms with E-state index in [0.717, 1.165) is 12.1 Å². The number of benzene rings is 2. The fourth-order valence-corrected chi connectivity index (χ4v) is 3.16. The molecule has 0 aromatic heterocycles. The van der Waals surface area contributed by atoms with E-state index in [-0.39, 0.29) is 11.4 Å². The first kappa shape index (κ1) is 15.1. The minimum absolute atomic E-state index is 0.0921. The summed E-state index contributed by atoms with van der Waals surface area (Å²) >= 11 is 3.18. The Morgan fingerprint density at radius 2 is 1.80 bits per heavy atom. The van der Waals surface area contributed by atoms with Crippen LogP contribution in [-0.2, 0) is 16.6 Å². The lowest BCUT2D eigenvalue weighted by Crippen LogP contribution is -2.23. The molecule has 20 heavy (non-hydrogen) atoms. The quantitative estimate of drug-likeness (QED) is 0.908. The van der Waals surface area contributed by atoms with Gasteiger partial charge in [-0.05, 0) is 35.9 Å². The molecule has 2 aromatic carbocycles. The van der Waals surface area contributed by atoms with E-state index in [0.29, 0.717) is 10.0 Å². The highest BCUT2D eigenvalue weighted by Gasteiger charge is 2.14. The zero-order chi connectivity index (χ0) is 14.8. The highest BCUT2D eigenvalue weighted by atomic mass is 79.9. The highest BCUT2D eigenvalue weighted by Crippen LogP contribution is 2.16. The Morgan fingerprint density at radius 1 is 1.05 bits per heavy atom. The molecule has 2 aromatic rings. The van der Waals surface area contributed by atoms with E-state index >= 15 is 0 Å². The average Bonchev–Trinajstić information content (AvgIpc) is 2.40. The lowest BCUT2D eigenvalue weighted by Gasteiger charge is -2.07. The third-order valence-electron chi connectivity index (χ3n) is 2.56. The summed E-state index contributed by atoms with van der Waals surface area (Å²) in [7, 11) is -3.70. The minimum Gasteiger partial charge on any atom is -0.207 e. The third-order valence-corrected chi connectivity index (χ3v) is 4.45. The summed E-state index contributed by atoms with van der Waals surface area (Å²) in [5, 5.41) is 0. The molecule has 0 heterocycles. The highest BCUT2D eigenvalue weighted by molar-refractivity contribution is 9.10. The van der Waals surface area contributed by atoms with Gasteiger partial charge in [0.1, 0.15) is 0 Å². The Morgan fingerprint density at radius 3 is 2.45 bits per heavy atom. The number of sulfonamides is 1. The Hall–Kier alpha value is -1.31. The molecule has 106 valence electrons. The molecule has 3 nitrogen and oxygen atoms in total. The zero-order valence-corrected chi connectivity index (χ0v) is 12.5. The van der Waals surface area contributed by atoms with Crippen molar-refractivity contribution in [2.45, 2.75) is 11.4 Å². The van der Waals surface area contributed by atoms with Crippen molar-refractivity contribution in [3.05, 3.63) is 64.1 Å². The summed E-state index contributed by atoms with van der Waals surface area (Å²) in [5.41, 5.74) is 0.336. The second kappa shape index (κ2) is 5.99. The molecule has 0 saturated carbocycles. The van der Waals surface area contributed by atoms with Gasteiger partial charge in [0, 0.05) is 11.0 Å². The van der Waals surface area contributed by atoms with Crippen molar-refractivity contribution >= 4 is 26.0 Å². The second-order valence-electron chi connectivity index (χ2n) is 4.03. The van der Waals surface area contributed by atoms with Gasteiger partial charge in [-0.1, -0.05) is 28.1 Å². The summed E-state index contributed by atoms with van der Waals surface area (Å²) in [4.78, 5) is 0.0921. The van der Waals surface area contributed by atoms with E-state index in [4.69, 9.17) is 0 Å². The van der Waals surface area contributed by atoms with E-state index < -0.39 is 21.7 Å². The topological polar surface area (TPSA) is 46.2 Å². The van der Waals surface area contributed by atoms with Gasteiger partial charge in [-0.15, -0.1) is 0 Å². The van der Waals surface area contributed by atoms with Crippen LogP contribution in [0.3, 0.4) is 0 Å². The molecule has 0 spiro atoms. The molecule has 0 aliphatic rings. The van der Waals surface area contributed by atoms with Crippen LogP contribution in [0.4, 0.5) is 8.78 Å². The van der Waals surface area contributed by atoms with Crippen molar-refractivity contribution in [3.63, 3.8) is 0 Å². The molecule has 7 heteroatoms. The molecule has 1 N–H and O–H groups in total. The molecular formula is C13H10BrF2NO2S. The molecular weight excluding hydrogens is 352 g/mol. The van der Waals surface area contributed by atoms with Crippen LogP contribution in [0.1, 0.15) is 5.56 Å². The predicted octanol–water partition coefficient (Wildman–Crippen LogP) is 3.21. The maximum atomic E-state index is 13.0. The molecule has 0 aliphatic heterocycles. The van der Waals surface area contributed by atoms with Crippen molar-refractivity contribution in [2.75, 3.05) is 0 Å². The number of hydrogen-bond acceptors (Lipinski definition) is 2. The van der Waals surface area contributed by atoms with Gasteiger partial charge < -0.3 is 0 Å². The molecule has 0 atom stereocenters. The summed E-state index contributed by atoms with van der Waals surface area (Å²) < 4.78 is 52.8. The molecule has 0 bridgehead atoms. The van der Waals surface area contributed by atoms with Gasteiger partial charge in [0.2, 0.25) is 10.0 Å². The van der Waals surface area contributed by atoms with Gasteiger partial charge in [0.25, 0.3) is 0 Å². The van der Waals surface area contributed by atoms with Gasteiger partial charge in [-0.2, -0.15) is 0 Å². The van der Waals surface area contributed by atoms with Crippen LogP contribution in [-0.4, -0.2) is 8.42 Å². The van der Waals surface area contributed by atoms with Crippen LogP contribution < -0.4 is 4.72 Å². The number of rotatable bonds is 4. The molecule has 0 saturated heterocycles. The molecule has 2 rings (SSSR count). The van der Waals surface area contributed by atoms with E-state index in [1.54, 1.807) is 12.1 Å². The maximum Gasteiger partial charge on any atom is 0.240 e. The van der Waals surface area contributed by atoms with Crippen LogP contribution >= 0.6 is 15.9 Å². The standard InChI is InChI=1S/C13H10BrF2NO2S/c14-10-2-1-3-11(7-10)20(18,19)17-8-9-4-5-12(15)13(16)6-9/h1-7,17H,8H2. The number of hydrogen-bond donors (Lipinski definition) is 1. The van der Waals surface area contributed by atoms with Crippen LogP contribution in [0.15, 0.2) is 51.8 Å². The molecule has 0 radical (unpaired) electrons. The summed E-state index contributed by atoms with van der Waals surface area (Å²) in [5.74, 6) is -1.98. The smallest absolute Gasteiger partial charge is 0.207 e. The largest absolute Gasteiger partial charge is 0.240 e. The lowest BCUT2D eigenvalue weighted by atomic mass is 10.2. The molecule has 0 amide bonds. The van der Waals surface area contributed by atoms with Crippen LogP contribution in [0.5, 0.6) is 0 Å². The molecule has 0 unspecified atom stereocenters. The summed E-state index contributed by atoms with van der Waals surface area (Å²) in [6.45, 7) is -0.119. The fraction of sp³-hybridized carbons (Fsp3) is 0.0769. The Labute approximate surface area is 123 Å². The number of halogens is 3. The number of nitrogens with one attached hydrogen (secondary N) is 1. The van der Waals surface area contributed by atoms with Crippen molar-refractivity contribution in [1.82, 2.24) is 4.72 Å². The van der Waals surface area contributed by atoms with E-state index in [2.05, 4.69) is 20.7 Å². The first-order chi connectivity index (χ1) is 9.38. The third kappa shape index (κ3) is 3.62. The first-order valence-electron chi connectivity index (χ1n) is 5.58. The van der Waals surface area contributed by atoms with Crippen LogP contribution in [0, 0.1) is 11.6 Å². The average molecular weight is 362 g/mol. The maximum absolute atomic E-state index is 13.0. The summed E-state index contributed by atoms with van der Waals surface area (Å²) in [6.07, 6.45) is 0. The minimum atomic E-state index is -3.70. The second-order valence-corrected chi connectivity index (χ2v) is 6.71. The Balaban J connectivity index is 2.15.